The van der Waals surface area contributed by atoms with E-state index >= 15 is 0 Å². The van der Waals surface area contributed by atoms with Gasteiger partial charge in [-0.1, -0.05) is 23.2 Å². The first kappa shape index (κ1) is 16.0. The maximum Gasteiger partial charge on any atom is 0.263 e. The van der Waals surface area contributed by atoms with Crippen molar-refractivity contribution in [2.45, 2.75) is 11.4 Å². The molecule has 0 fully saturated rings. The molecule has 0 aliphatic carbocycles. The van der Waals surface area contributed by atoms with Crippen LogP contribution in [-0.4, -0.2) is 36.9 Å². The molecule has 21 heavy (non-hydrogen) atoms. The minimum absolute atomic E-state index is 0.0444. The van der Waals surface area contributed by atoms with Crippen molar-refractivity contribution in [1.82, 2.24) is 14.8 Å². The van der Waals surface area contributed by atoms with Crippen LogP contribution in [0.3, 0.4) is 0 Å². The van der Waals surface area contributed by atoms with Crippen LogP contribution in [0.4, 0.5) is 5.69 Å². The minimum atomic E-state index is -3.80. The lowest BCUT2D eigenvalue weighted by Gasteiger charge is -2.06. The molecule has 0 amide bonds. The van der Waals surface area contributed by atoms with Crippen molar-refractivity contribution in [3.63, 3.8) is 0 Å². The molecular formula is C11H12Cl2N4O3S. The van der Waals surface area contributed by atoms with Crippen LogP contribution < -0.4 is 4.72 Å². The van der Waals surface area contributed by atoms with Crippen molar-refractivity contribution >= 4 is 38.9 Å². The van der Waals surface area contributed by atoms with Crippen molar-refractivity contribution in [3.05, 3.63) is 34.8 Å². The summed E-state index contributed by atoms with van der Waals surface area (Å²) in [6, 6.07) is 1.23. The third kappa shape index (κ3) is 4.07. The molecule has 114 valence electrons. The summed E-state index contributed by atoms with van der Waals surface area (Å²) in [5.41, 5.74) is 0.331. The Morgan fingerprint density at radius 2 is 2.14 bits per heavy atom. The predicted octanol–water partition coefficient (Wildman–Crippen LogP) is 2.03. The quantitative estimate of drug-likeness (QED) is 0.805. The van der Waals surface area contributed by atoms with Gasteiger partial charge in [0.05, 0.1) is 30.1 Å². The third-order valence-corrected chi connectivity index (χ3v) is 4.53. The molecule has 0 saturated heterocycles. The molecule has 2 heterocycles. The molecule has 2 aromatic rings. The summed E-state index contributed by atoms with van der Waals surface area (Å²) in [5, 5.41) is 4.12. The zero-order valence-corrected chi connectivity index (χ0v) is 13.3. The number of sulfonamides is 1. The highest BCUT2D eigenvalue weighted by molar-refractivity contribution is 7.92. The number of ether oxygens (including phenoxy) is 1. The number of anilines is 1. The fraction of sp³-hybridized carbons (Fsp3) is 0.273. The molecule has 7 nitrogen and oxygen atoms in total. The number of nitrogens with one attached hydrogen (secondary N) is 1. The second-order valence-electron chi connectivity index (χ2n) is 4.03. The molecule has 2 rings (SSSR count). The van der Waals surface area contributed by atoms with Gasteiger partial charge in [-0.05, 0) is 6.07 Å². The maximum absolute atomic E-state index is 12.2. The van der Waals surface area contributed by atoms with Gasteiger partial charge in [0.1, 0.15) is 10.0 Å². The molecule has 0 aromatic carbocycles. The van der Waals surface area contributed by atoms with Crippen LogP contribution >= 0.6 is 23.2 Å². The Balaban J connectivity index is 2.16. The van der Waals surface area contributed by atoms with Crippen molar-refractivity contribution in [3.8, 4) is 0 Å². The molecule has 0 atom stereocenters. The van der Waals surface area contributed by atoms with E-state index in [4.69, 9.17) is 27.9 Å². The van der Waals surface area contributed by atoms with Gasteiger partial charge in [-0.3, -0.25) is 9.40 Å². The van der Waals surface area contributed by atoms with Crippen LogP contribution in [0.15, 0.2) is 29.6 Å². The van der Waals surface area contributed by atoms with E-state index in [-0.39, 0.29) is 15.1 Å². The topological polar surface area (TPSA) is 86.1 Å². The van der Waals surface area contributed by atoms with Crippen LogP contribution in [0.5, 0.6) is 0 Å². The number of pyridine rings is 1. The summed E-state index contributed by atoms with van der Waals surface area (Å²) >= 11 is 11.4. The largest absolute Gasteiger partial charge is 0.383 e. The second-order valence-corrected chi connectivity index (χ2v) is 6.48. The van der Waals surface area contributed by atoms with Gasteiger partial charge < -0.3 is 4.74 Å². The van der Waals surface area contributed by atoms with Gasteiger partial charge in [-0.2, -0.15) is 5.10 Å². The number of nitrogens with zero attached hydrogens (tertiary/aromatic N) is 3. The van der Waals surface area contributed by atoms with E-state index in [1.807, 2.05) is 0 Å². The lowest BCUT2D eigenvalue weighted by Crippen LogP contribution is -2.13. The first-order valence-electron chi connectivity index (χ1n) is 5.77. The molecule has 0 aliphatic rings. The van der Waals surface area contributed by atoms with Gasteiger partial charge in [0.25, 0.3) is 10.0 Å². The second kappa shape index (κ2) is 6.61. The van der Waals surface area contributed by atoms with Gasteiger partial charge in [0, 0.05) is 19.5 Å². The molecule has 10 heteroatoms. The lowest BCUT2D eigenvalue weighted by atomic mass is 10.5. The van der Waals surface area contributed by atoms with E-state index in [0.717, 1.165) is 6.20 Å². The Hall–Kier alpha value is -1.35. The molecule has 1 N–H and O–H groups in total. The highest BCUT2D eigenvalue weighted by atomic mass is 35.5. The molecule has 0 radical (unpaired) electrons. The molecule has 0 bridgehead atoms. The minimum Gasteiger partial charge on any atom is -0.383 e. The van der Waals surface area contributed by atoms with Crippen molar-refractivity contribution in [1.29, 1.82) is 0 Å². The van der Waals surface area contributed by atoms with Crippen molar-refractivity contribution in [2.24, 2.45) is 0 Å². The van der Waals surface area contributed by atoms with E-state index in [2.05, 4.69) is 14.8 Å². The normalized spacial score (nSPS) is 11.6. The van der Waals surface area contributed by atoms with Crippen molar-refractivity contribution in [2.75, 3.05) is 18.4 Å². The number of methoxy groups -OCH3 is 1. The van der Waals surface area contributed by atoms with Crippen LogP contribution in [0.2, 0.25) is 10.2 Å². The zero-order valence-electron chi connectivity index (χ0n) is 11.0. The smallest absolute Gasteiger partial charge is 0.263 e. The number of hydrogen-bond donors (Lipinski definition) is 1. The van der Waals surface area contributed by atoms with Gasteiger partial charge in [-0.25, -0.2) is 13.4 Å². The SMILES string of the molecule is COCCn1cc(NS(=O)(=O)c2cnc(Cl)c(Cl)c2)cn1. The summed E-state index contributed by atoms with van der Waals surface area (Å²) in [5.74, 6) is 0. The van der Waals surface area contributed by atoms with Crippen LogP contribution in [0, 0.1) is 0 Å². The third-order valence-electron chi connectivity index (χ3n) is 2.49. The van der Waals surface area contributed by atoms with Gasteiger partial charge in [0.2, 0.25) is 0 Å². The average Bonchev–Trinajstić information content (AvgIpc) is 2.86. The van der Waals surface area contributed by atoms with E-state index in [0.29, 0.717) is 18.8 Å². The summed E-state index contributed by atoms with van der Waals surface area (Å²) < 4.78 is 33.2. The Morgan fingerprint density at radius 3 is 2.81 bits per heavy atom. The molecule has 0 unspecified atom stereocenters. The standard InChI is InChI=1S/C11H12Cl2N4O3S/c1-20-3-2-17-7-8(5-15-17)16-21(18,19)9-4-10(12)11(13)14-6-9/h4-7,16H,2-3H2,1H3. The van der Waals surface area contributed by atoms with Crippen LogP contribution in [0.25, 0.3) is 0 Å². The van der Waals surface area contributed by atoms with Gasteiger partial charge in [0.15, 0.2) is 0 Å². The monoisotopic (exact) mass is 350 g/mol. The van der Waals surface area contributed by atoms with E-state index in [1.54, 1.807) is 18.0 Å². The van der Waals surface area contributed by atoms with Crippen molar-refractivity contribution < 1.29 is 13.2 Å². The summed E-state index contributed by atoms with van der Waals surface area (Å²) in [4.78, 5) is 3.63. The average molecular weight is 351 g/mol. The predicted molar refractivity (Wildman–Crippen MR) is 79.2 cm³/mol. The first-order valence-corrected chi connectivity index (χ1v) is 8.01. The Kier molecular flexibility index (Phi) is 5.04. The Bertz CT molecular complexity index is 733. The lowest BCUT2D eigenvalue weighted by molar-refractivity contribution is 0.183. The molecule has 0 saturated carbocycles. The highest BCUT2D eigenvalue weighted by Gasteiger charge is 2.17. The molecule has 2 aromatic heterocycles. The van der Waals surface area contributed by atoms with Gasteiger partial charge in [-0.15, -0.1) is 0 Å². The van der Waals surface area contributed by atoms with Crippen LogP contribution in [0.1, 0.15) is 0 Å². The van der Waals surface area contributed by atoms with Gasteiger partial charge >= 0.3 is 0 Å². The zero-order chi connectivity index (χ0) is 15.5. The maximum atomic E-state index is 12.2. The highest BCUT2D eigenvalue weighted by Crippen LogP contribution is 2.23. The Morgan fingerprint density at radius 1 is 1.38 bits per heavy atom. The fourth-order valence-electron chi connectivity index (χ4n) is 1.49. The number of halogens is 2. The molecule has 0 spiro atoms. The summed E-state index contributed by atoms with van der Waals surface area (Å²) in [7, 11) is -2.23. The fourth-order valence-corrected chi connectivity index (χ4v) is 2.82. The summed E-state index contributed by atoms with van der Waals surface area (Å²) in [6.07, 6.45) is 4.09. The first-order chi connectivity index (χ1) is 9.92. The molecular weight excluding hydrogens is 339 g/mol. The van der Waals surface area contributed by atoms with E-state index in [1.165, 1.54) is 12.3 Å². The van der Waals surface area contributed by atoms with E-state index in [9.17, 15) is 8.42 Å². The number of aromatic nitrogens is 3. The number of hydrogen-bond acceptors (Lipinski definition) is 5. The van der Waals surface area contributed by atoms with Crippen LogP contribution in [-0.2, 0) is 21.3 Å². The van der Waals surface area contributed by atoms with E-state index < -0.39 is 10.0 Å². The molecule has 0 aliphatic heterocycles. The summed E-state index contributed by atoms with van der Waals surface area (Å²) in [6.45, 7) is 0.997. The number of rotatable bonds is 6. The Labute approximate surface area is 131 Å².